The molecule has 54 heavy (non-hydrogen) atoms. The van der Waals surface area contributed by atoms with Gasteiger partial charge < -0.3 is 8.98 Å². The average molecular weight is 691 g/mol. The molecule has 2 heterocycles. The zero-order valence-corrected chi connectivity index (χ0v) is 29.5. The lowest BCUT2D eigenvalue weighted by atomic mass is 9.66. The van der Waals surface area contributed by atoms with Crippen molar-refractivity contribution in [3.05, 3.63) is 222 Å². The van der Waals surface area contributed by atoms with Crippen LogP contribution < -0.4 is 0 Å². The first-order valence-corrected chi connectivity index (χ1v) is 18.5. The van der Waals surface area contributed by atoms with E-state index < -0.39 is 5.41 Å². The number of nitrogens with zero attached hydrogens (tertiary/aromatic N) is 2. The Morgan fingerprint density at radius 2 is 1.24 bits per heavy atom. The van der Waals surface area contributed by atoms with Crippen molar-refractivity contribution in [2.45, 2.75) is 11.8 Å². The number of para-hydroxylation sites is 3. The molecule has 0 saturated heterocycles. The second kappa shape index (κ2) is 11.8. The number of aromatic nitrogens is 2. The summed E-state index contributed by atoms with van der Waals surface area (Å²) in [7, 11) is 0. The van der Waals surface area contributed by atoms with Crippen molar-refractivity contribution in [1.29, 1.82) is 0 Å². The van der Waals surface area contributed by atoms with Crippen molar-refractivity contribution < 1.29 is 4.42 Å². The molecule has 11 rings (SSSR count). The highest BCUT2D eigenvalue weighted by molar-refractivity contribution is 6.10. The van der Waals surface area contributed by atoms with Gasteiger partial charge in [-0.1, -0.05) is 134 Å². The zero-order chi connectivity index (χ0) is 35.8. The smallest absolute Gasteiger partial charge is 0.227 e. The highest BCUT2D eigenvalue weighted by Gasteiger charge is 2.47. The summed E-state index contributed by atoms with van der Waals surface area (Å²) in [6.45, 7) is 4.94. The van der Waals surface area contributed by atoms with Gasteiger partial charge in [0.05, 0.1) is 16.4 Å². The number of benzene rings is 7. The van der Waals surface area contributed by atoms with E-state index in [1.807, 2.05) is 24.3 Å². The van der Waals surface area contributed by atoms with E-state index in [0.717, 1.165) is 56.5 Å². The van der Waals surface area contributed by atoms with Crippen molar-refractivity contribution in [3.63, 3.8) is 0 Å². The molecular weight excluding hydrogens is 657 g/mol. The molecule has 2 aromatic heterocycles. The molecule has 0 atom stereocenters. The fourth-order valence-corrected chi connectivity index (χ4v) is 9.12. The normalized spacial score (nSPS) is 16.0. The Bertz CT molecular complexity index is 2960. The Balaban J connectivity index is 1.06. The van der Waals surface area contributed by atoms with Gasteiger partial charge in [0.25, 0.3) is 0 Å². The summed E-state index contributed by atoms with van der Waals surface area (Å²) >= 11 is 0. The van der Waals surface area contributed by atoms with E-state index in [2.05, 4.69) is 162 Å². The lowest BCUT2D eigenvalue weighted by Crippen LogP contribution is -2.30. The molecule has 1 spiro atoms. The van der Waals surface area contributed by atoms with E-state index in [1.54, 1.807) is 0 Å². The minimum atomic E-state index is -0.509. The average Bonchev–Trinajstić information content (AvgIpc) is 3.91. The Morgan fingerprint density at radius 3 is 2.04 bits per heavy atom. The van der Waals surface area contributed by atoms with Crippen molar-refractivity contribution in [2.24, 2.45) is 0 Å². The minimum Gasteiger partial charge on any atom is -0.436 e. The summed E-state index contributed by atoms with van der Waals surface area (Å²) in [5.74, 6) is 0.627. The molecule has 0 saturated carbocycles. The molecule has 0 amide bonds. The van der Waals surface area contributed by atoms with Crippen LogP contribution in [0.5, 0.6) is 0 Å². The van der Waals surface area contributed by atoms with Crippen LogP contribution in [-0.4, -0.2) is 9.55 Å². The second-order valence-corrected chi connectivity index (χ2v) is 14.3. The third kappa shape index (κ3) is 4.39. The fourth-order valence-electron chi connectivity index (χ4n) is 9.12. The van der Waals surface area contributed by atoms with E-state index >= 15 is 0 Å². The molecular formula is C51H34N2O. The standard InChI is InChI=1S/C51H34N2O/c1-33-31-36(15-12-14-34-13-2-6-19-43(34)51(33)44-20-7-3-16-39(44)40-17-4-8-21-45(40)51)37-27-30-48-42(32-37)41-18-5-10-23-47(41)53(48)38-28-25-35(26-29-38)50-52-46-22-9-11-24-49(46)54-50/h2-13,15-32H,1,14H2/b15-12-,36-31+. The van der Waals surface area contributed by atoms with Gasteiger partial charge in [0.15, 0.2) is 5.58 Å². The molecule has 3 heteroatoms. The van der Waals surface area contributed by atoms with Crippen LogP contribution in [0.15, 0.2) is 199 Å². The monoisotopic (exact) mass is 690 g/mol. The van der Waals surface area contributed by atoms with Gasteiger partial charge in [-0.3, -0.25) is 0 Å². The van der Waals surface area contributed by atoms with Gasteiger partial charge in [-0.05, 0) is 111 Å². The Kier molecular flexibility index (Phi) is 6.68. The number of rotatable bonds is 3. The summed E-state index contributed by atoms with van der Waals surface area (Å²) in [4.78, 5) is 4.72. The number of fused-ring (bicyclic) bond motifs is 11. The van der Waals surface area contributed by atoms with Crippen LogP contribution in [0, 0.1) is 0 Å². The van der Waals surface area contributed by atoms with Crippen molar-refractivity contribution in [3.8, 4) is 28.3 Å². The Hall–Kier alpha value is -6.97. The molecule has 3 nitrogen and oxygen atoms in total. The van der Waals surface area contributed by atoms with Crippen LogP contribution in [0.2, 0.25) is 0 Å². The van der Waals surface area contributed by atoms with Gasteiger partial charge >= 0.3 is 0 Å². The summed E-state index contributed by atoms with van der Waals surface area (Å²) in [6.07, 6.45) is 7.77. The van der Waals surface area contributed by atoms with Crippen LogP contribution in [0.3, 0.4) is 0 Å². The first-order chi connectivity index (χ1) is 26.7. The van der Waals surface area contributed by atoms with E-state index in [4.69, 9.17) is 16.0 Å². The van der Waals surface area contributed by atoms with Crippen molar-refractivity contribution in [1.82, 2.24) is 9.55 Å². The minimum absolute atomic E-state index is 0.509. The molecule has 254 valence electrons. The topological polar surface area (TPSA) is 31.0 Å². The van der Waals surface area contributed by atoms with E-state index in [0.29, 0.717) is 5.89 Å². The molecule has 2 aliphatic carbocycles. The highest BCUT2D eigenvalue weighted by Crippen LogP contribution is 2.57. The van der Waals surface area contributed by atoms with Crippen LogP contribution in [0.4, 0.5) is 0 Å². The summed E-state index contributed by atoms with van der Waals surface area (Å²) < 4.78 is 8.43. The maximum absolute atomic E-state index is 6.08. The number of hydrogen-bond donors (Lipinski definition) is 0. The van der Waals surface area contributed by atoms with Crippen molar-refractivity contribution >= 4 is 38.5 Å². The van der Waals surface area contributed by atoms with Crippen LogP contribution in [0.1, 0.15) is 27.8 Å². The summed E-state index contributed by atoms with van der Waals surface area (Å²) in [6, 6.07) is 58.7. The third-order valence-electron chi connectivity index (χ3n) is 11.5. The van der Waals surface area contributed by atoms with Gasteiger partial charge in [0, 0.05) is 22.0 Å². The molecule has 0 radical (unpaired) electrons. The van der Waals surface area contributed by atoms with Crippen LogP contribution in [0.25, 0.3) is 66.7 Å². The van der Waals surface area contributed by atoms with Gasteiger partial charge in [-0.15, -0.1) is 0 Å². The molecule has 0 aliphatic heterocycles. The quantitative estimate of drug-likeness (QED) is 0.185. The maximum Gasteiger partial charge on any atom is 0.227 e. The second-order valence-electron chi connectivity index (χ2n) is 14.3. The van der Waals surface area contributed by atoms with Crippen LogP contribution >= 0.6 is 0 Å². The largest absolute Gasteiger partial charge is 0.436 e. The van der Waals surface area contributed by atoms with Crippen LogP contribution in [-0.2, 0) is 11.8 Å². The van der Waals surface area contributed by atoms with Gasteiger partial charge in [0.1, 0.15) is 5.52 Å². The molecule has 0 fully saturated rings. The highest BCUT2D eigenvalue weighted by atomic mass is 16.3. The van der Waals surface area contributed by atoms with Crippen molar-refractivity contribution in [2.75, 3.05) is 0 Å². The summed E-state index contributed by atoms with van der Waals surface area (Å²) in [5.41, 5.74) is 16.6. The third-order valence-corrected chi connectivity index (χ3v) is 11.5. The molecule has 9 aromatic rings. The SMILES string of the molecule is C=C1/C=C(c2ccc3c(c2)c2ccccc2n3-c2ccc(-c3nc4ccccc4o3)cc2)\C=C/Cc2ccccc2C12c1ccccc1-c1ccccc12. The predicted octanol–water partition coefficient (Wildman–Crippen LogP) is 12.7. The lowest BCUT2D eigenvalue weighted by Gasteiger charge is -2.35. The van der Waals surface area contributed by atoms with E-state index in [9.17, 15) is 0 Å². The maximum atomic E-state index is 6.08. The molecule has 7 aromatic carbocycles. The first-order valence-electron chi connectivity index (χ1n) is 18.5. The zero-order valence-electron chi connectivity index (χ0n) is 29.5. The number of allylic oxidation sites excluding steroid dienone is 5. The Labute approximate surface area is 313 Å². The van der Waals surface area contributed by atoms with Gasteiger partial charge in [0.2, 0.25) is 5.89 Å². The van der Waals surface area contributed by atoms with Gasteiger partial charge in [-0.25, -0.2) is 4.98 Å². The Morgan fingerprint density at radius 1 is 0.593 bits per heavy atom. The lowest BCUT2D eigenvalue weighted by molar-refractivity contribution is 0.620. The molecule has 0 unspecified atom stereocenters. The van der Waals surface area contributed by atoms with E-state index in [-0.39, 0.29) is 0 Å². The van der Waals surface area contributed by atoms with Gasteiger partial charge in [-0.2, -0.15) is 0 Å². The molecule has 2 aliphatic rings. The fraction of sp³-hybridized carbons (Fsp3) is 0.0392. The number of hydrogen-bond acceptors (Lipinski definition) is 2. The summed E-state index contributed by atoms with van der Waals surface area (Å²) in [5, 5.41) is 2.42. The molecule has 0 bridgehead atoms. The molecule has 0 N–H and O–H groups in total. The first kappa shape index (κ1) is 30.6. The van der Waals surface area contributed by atoms with E-state index in [1.165, 1.54) is 44.2 Å². The predicted molar refractivity (Wildman–Crippen MR) is 222 cm³/mol. The number of oxazole rings is 1.